The Kier molecular flexibility index (Phi) is 3.28. The van der Waals surface area contributed by atoms with Gasteiger partial charge in [-0.25, -0.2) is 4.79 Å². The maximum Gasteiger partial charge on any atom is 0.328 e. The second kappa shape index (κ2) is 5.08. The molecule has 3 nitrogen and oxygen atoms in total. The lowest BCUT2D eigenvalue weighted by Gasteiger charge is -2.24. The minimum atomic E-state index is -0.905. The highest BCUT2D eigenvalue weighted by Gasteiger charge is 2.33. The molecule has 0 saturated heterocycles. The largest absolute Gasteiger partial charge is 0.478 e. The third kappa shape index (κ3) is 3.37. The predicted molar refractivity (Wildman–Crippen MR) is 76.2 cm³/mol. The van der Waals surface area contributed by atoms with Gasteiger partial charge in [0.1, 0.15) is 0 Å². The fourth-order valence-electron chi connectivity index (χ4n) is 2.37. The zero-order valence-electron chi connectivity index (χ0n) is 11.0. The Morgan fingerprint density at radius 2 is 1.89 bits per heavy atom. The number of hydrogen-bond acceptors (Lipinski definition) is 2. The van der Waals surface area contributed by atoms with Crippen molar-refractivity contribution in [3.05, 3.63) is 35.9 Å². The van der Waals surface area contributed by atoms with E-state index >= 15 is 0 Å². The zero-order chi connectivity index (χ0) is 13.2. The molecule has 1 aromatic rings. The van der Waals surface area contributed by atoms with Crippen LogP contribution >= 0.6 is 0 Å². The van der Waals surface area contributed by atoms with Crippen molar-refractivity contribution < 1.29 is 9.90 Å². The van der Waals surface area contributed by atoms with Crippen molar-refractivity contribution >= 4 is 17.7 Å². The lowest BCUT2D eigenvalue weighted by Crippen LogP contribution is -2.27. The van der Waals surface area contributed by atoms with Gasteiger partial charge in [0.2, 0.25) is 0 Å². The van der Waals surface area contributed by atoms with Gasteiger partial charge in [-0.2, -0.15) is 0 Å². The highest BCUT2D eigenvalue weighted by Crippen LogP contribution is 2.37. The quantitative estimate of drug-likeness (QED) is 0.796. The molecule has 0 unspecified atom stereocenters. The molecule has 100 valence electrons. The van der Waals surface area contributed by atoms with Crippen molar-refractivity contribution in [2.24, 2.45) is 5.92 Å². The Bertz CT molecular complexity index is 484. The molecule has 0 aromatic heterocycles. The Hall–Kier alpha value is -1.77. The molecule has 0 radical (unpaired) electrons. The molecule has 0 aliphatic heterocycles. The summed E-state index contributed by atoms with van der Waals surface area (Å²) in [6.45, 7) is 1.19. The highest BCUT2D eigenvalue weighted by molar-refractivity contribution is 5.85. The van der Waals surface area contributed by atoms with E-state index in [0.717, 1.165) is 17.5 Å². The van der Waals surface area contributed by atoms with E-state index in [-0.39, 0.29) is 0 Å². The molecule has 0 amide bonds. The Balaban J connectivity index is 1.70. The van der Waals surface area contributed by atoms with Gasteiger partial charge in [0.15, 0.2) is 0 Å². The number of carboxylic acids is 1. The predicted octanol–water partition coefficient (Wildman–Crippen LogP) is 3.16. The number of rotatable bonds is 6. The first kappa shape index (κ1) is 12.3. The summed E-state index contributed by atoms with van der Waals surface area (Å²) >= 11 is 0. The molecule has 3 heteroatoms. The normalized spacial score (nSPS) is 18.7. The molecule has 2 saturated carbocycles. The highest BCUT2D eigenvalue weighted by atomic mass is 16.4. The fourth-order valence-corrected chi connectivity index (χ4v) is 2.37. The van der Waals surface area contributed by atoms with Gasteiger partial charge in [-0.05, 0) is 55.4 Å². The monoisotopic (exact) mass is 257 g/mol. The SMILES string of the molecule is O=C(O)C=Cc1ccc(N(CC2CC2)C2CC2)cc1. The second-order valence-electron chi connectivity index (χ2n) is 5.59. The second-order valence-corrected chi connectivity index (χ2v) is 5.59. The Labute approximate surface area is 113 Å². The molecule has 2 aliphatic rings. The summed E-state index contributed by atoms with van der Waals surface area (Å²) < 4.78 is 0. The number of hydrogen-bond donors (Lipinski definition) is 1. The first-order chi connectivity index (χ1) is 9.22. The van der Waals surface area contributed by atoms with Crippen LogP contribution in [0.3, 0.4) is 0 Å². The Morgan fingerprint density at radius 1 is 1.21 bits per heavy atom. The summed E-state index contributed by atoms with van der Waals surface area (Å²) in [4.78, 5) is 13.0. The standard InChI is InChI=1S/C16H19NO2/c18-16(19)10-5-12-3-6-14(7-4-12)17(15-8-9-15)11-13-1-2-13/h3-7,10,13,15H,1-2,8-9,11H2,(H,18,19). The van der Waals surface area contributed by atoms with Gasteiger partial charge < -0.3 is 10.0 Å². The van der Waals surface area contributed by atoms with Gasteiger partial charge in [-0.3, -0.25) is 0 Å². The fraction of sp³-hybridized carbons (Fsp3) is 0.438. The van der Waals surface area contributed by atoms with E-state index in [9.17, 15) is 4.79 Å². The summed E-state index contributed by atoms with van der Waals surface area (Å²) in [6.07, 6.45) is 8.19. The third-order valence-corrected chi connectivity index (χ3v) is 3.78. The van der Waals surface area contributed by atoms with Gasteiger partial charge >= 0.3 is 5.97 Å². The summed E-state index contributed by atoms with van der Waals surface area (Å²) in [5, 5.41) is 8.61. The molecule has 19 heavy (non-hydrogen) atoms. The summed E-state index contributed by atoms with van der Waals surface area (Å²) in [5.41, 5.74) is 2.22. The van der Waals surface area contributed by atoms with Crippen molar-refractivity contribution in [3.63, 3.8) is 0 Å². The average Bonchev–Trinajstić information content (AvgIpc) is 3.27. The van der Waals surface area contributed by atoms with Crippen LogP contribution in [0.1, 0.15) is 31.2 Å². The van der Waals surface area contributed by atoms with Gasteiger partial charge in [-0.1, -0.05) is 12.1 Å². The van der Waals surface area contributed by atoms with Crippen LogP contribution in [-0.2, 0) is 4.79 Å². The van der Waals surface area contributed by atoms with E-state index in [1.807, 2.05) is 12.1 Å². The third-order valence-electron chi connectivity index (χ3n) is 3.78. The number of aliphatic carboxylic acids is 1. The smallest absolute Gasteiger partial charge is 0.328 e. The lowest BCUT2D eigenvalue weighted by atomic mass is 10.1. The van der Waals surface area contributed by atoms with E-state index in [2.05, 4.69) is 17.0 Å². The van der Waals surface area contributed by atoms with E-state index in [1.165, 1.54) is 44.0 Å². The van der Waals surface area contributed by atoms with Gasteiger partial charge in [0.25, 0.3) is 0 Å². The minimum absolute atomic E-state index is 0.737. The summed E-state index contributed by atoms with van der Waals surface area (Å²) in [5.74, 6) is -0.00963. The van der Waals surface area contributed by atoms with E-state index < -0.39 is 5.97 Å². The first-order valence-corrected chi connectivity index (χ1v) is 7.00. The average molecular weight is 257 g/mol. The van der Waals surface area contributed by atoms with E-state index in [1.54, 1.807) is 6.08 Å². The van der Waals surface area contributed by atoms with Crippen LogP contribution in [-0.4, -0.2) is 23.7 Å². The van der Waals surface area contributed by atoms with Crippen molar-refractivity contribution in [1.82, 2.24) is 0 Å². The van der Waals surface area contributed by atoms with Crippen LogP contribution in [0.5, 0.6) is 0 Å². The lowest BCUT2D eigenvalue weighted by molar-refractivity contribution is -0.131. The molecule has 1 aromatic carbocycles. The molecule has 0 bridgehead atoms. The van der Waals surface area contributed by atoms with E-state index in [0.29, 0.717) is 0 Å². The van der Waals surface area contributed by atoms with Crippen LogP contribution in [0.25, 0.3) is 6.08 Å². The molecular weight excluding hydrogens is 238 g/mol. The maximum atomic E-state index is 10.5. The molecule has 2 fully saturated rings. The first-order valence-electron chi connectivity index (χ1n) is 7.00. The van der Waals surface area contributed by atoms with Crippen LogP contribution in [0.15, 0.2) is 30.3 Å². The van der Waals surface area contributed by atoms with Crippen LogP contribution in [0.4, 0.5) is 5.69 Å². The van der Waals surface area contributed by atoms with Gasteiger partial charge in [0.05, 0.1) is 0 Å². The van der Waals surface area contributed by atoms with Crippen LogP contribution < -0.4 is 4.90 Å². The summed E-state index contributed by atoms with van der Waals surface area (Å²) in [6, 6.07) is 8.96. The number of nitrogens with zero attached hydrogens (tertiary/aromatic N) is 1. The topological polar surface area (TPSA) is 40.5 Å². The van der Waals surface area contributed by atoms with Crippen molar-refractivity contribution in [3.8, 4) is 0 Å². The molecular formula is C16H19NO2. The number of carbonyl (C=O) groups is 1. The van der Waals surface area contributed by atoms with Gasteiger partial charge in [0, 0.05) is 24.4 Å². The van der Waals surface area contributed by atoms with Crippen LogP contribution in [0.2, 0.25) is 0 Å². The number of anilines is 1. The van der Waals surface area contributed by atoms with Crippen molar-refractivity contribution in [2.75, 3.05) is 11.4 Å². The molecule has 0 spiro atoms. The summed E-state index contributed by atoms with van der Waals surface area (Å²) in [7, 11) is 0. The number of benzene rings is 1. The molecule has 3 rings (SSSR count). The maximum absolute atomic E-state index is 10.5. The molecule has 2 aliphatic carbocycles. The van der Waals surface area contributed by atoms with Crippen molar-refractivity contribution in [1.29, 1.82) is 0 Å². The van der Waals surface area contributed by atoms with E-state index in [4.69, 9.17) is 5.11 Å². The van der Waals surface area contributed by atoms with Crippen molar-refractivity contribution in [2.45, 2.75) is 31.7 Å². The zero-order valence-corrected chi connectivity index (χ0v) is 11.0. The molecule has 1 N–H and O–H groups in total. The Morgan fingerprint density at radius 3 is 2.42 bits per heavy atom. The number of carboxylic acid groups (broad SMARTS) is 1. The van der Waals surface area contributed by atoms with Crippen LogP contribution in [0, 0.1) is 5.92 Å². The van der Waals surface area contributed by atoms with Gasteiger partial charge in [-0.15, -0.1) is 0 Å². The molecule has 0 heterocycles. The minimum Gasteiger partial charge on any atom is -0.478 e. The molecule has 0 atom stereocenters.